The summed E-state index contributed by atoms with van der Waals surface area (Å²) < 4.78 is 5.16. The number of carbonyl (C=O) groups is 5. The first kappa shape index (κ1) is 24.4. The van der Waals surface area contributed by atoms with Crippen LogP contribution in [0.2, 0.25) is 0 Å². The Labute approximate surface area is 158 Å². The number of carbonyl (C=O) groups excluding carboxylic acids is 4. The molecule has 0 bridgehead atoms. The molecule has 154 valence electrons. The summed E-state index contributed by atoms with van der Waals surface area (Å²) in [4.78, 5) is 58.1. The number of hydrogen-bond acceptors (Lipinski definition) is 6. The predicted molar refractivity (Wildman–Crippen MR) is 95.5 cm³/mol. The van der Waals surface area contributed by atoms with E-state index in [0.717, 1.165) is 0 Å². The fraction of sp³-hybridized carbons (Fsp3) is 0.706. The Hall–Kier alpha value is -2.65. The zero-order valence-electron chi connectivity index (χ0n) is 16.5. The number of carboxylic acid groups (broad SMARTS) is 1. The highest BCUT2D eigenvalue weighted by atomic mass is 16.6. The molecule has 0 saturated heterocycles. The summed E-state index contributed by atoms with van der Waals surface area (Å²) in [6, 6.07) is -3.19. The van der Waals surface area contributed by atoms with Gasteiger partial charge in [-0.05, 0) is 41.0 Å². The Kier molecular flexibility index (Phi) is 9.46. The van der Waals surface area contributed by atoms with Crippen LogP contribution in [-0.4, -0.2) is 58.5 Å². The average molecular weight is 387 g/mol. The van der Waals surface area contributed by atoms with Crippen molar-refractivity contribution in [1.29, 1.82) is 0 Å². The van der Waals surface area contributed by atoms with Crippen LogP contribution in [0.1, 0.15) is 54.4 Å². The summed E-state index contributed by atoms with van der Waals surface area (Å²) >= 11 is 0. The molecule has 0 saturated carbocycles. The van der Waals surface area contributed by atoms with E-state index in [1.54, 1.807) is 20.8 Å². The van der Waals surface area contributed by atoms with Crippen LogP contribution in [0.4, 0.5) is 0 Å². The molecule has 10 heteroatoms. The second-order valence-corrected chi connectivity index (χ2v) is 7.18. The van der Waals surface area contributed by atoms with Gasteiger partial charge >= 0.3 is 11.9 Å². The number of hydrogen-bond donors (Lipinski definition) is 4. The third-order valence-corrected chi connectivity index (χ3v) is 3.23. The van der Waals surface area contributed by atoms with E-state index in [2.05, 4.69) is 16.0 Å². The number of aliphatic carboxylic acids is 1. The Morgan fingerprint density at radius 2 is 1.44 bits per heavy atom. The van der Waals surface area contributed by atoms with Gasteiger partial charge < -0.3 is 25.8 Å². The van der Waals surface area contributed by atoms with Gasteiger partial charge in [-0.15, -0.1) is 0 Å². The molecule has 4 N–H and O–H groups in total. The lowest BCUT2D eigenvalue weighted by molar-refractivity contribution is -0.155. The second kappa shape index (κ2) is 10.5. The van der Waals surface area contributed by atoms with Gasteiger partial charge in [0.15, 0.2) is 0 Å². The summed E-state index contributed by atoms with van der Waals surface area (Å²) in [5.74, 6) is -3.57. The molecule has 0 unspecified atom stereocenters. The fourth-order valence-corrected chi connectivity index (χ4v) is 1.95. The van der Waals surface area contributed by atoms with Crippen molar-refractivity contribution in [2.45, 2.75) is 78.1 Å². The second-order valence-electron chi connectivity index (χ2n) is 7.18. The molecule has 0 aromatic heterocycles. The van der Waals surface area contributed by atoms with E-state index in [4.69, 9.17) is 9.84 Å². The van der Waals surface area contributed by atoms with Crippen molar-refractivity contribution in [3.63, 3.8) is 0 Å². The molecule has 0 heterocycles. The number of nitrogens with one attached hydrogen (secondary N) is 3. The third-order valence-electron chi connectivity index (χ3n) is 3.23. The van der Waals surface area contributed by atoms with Crippen molar-refractivity contribution in [3.8, 4) is 0 Å². The first-order valence-electron chi connectivity index (χ1n) is 8.55. The first-order valence-corrected chi connectivity index (χ1v) is 8.55. The maximum Gasteiger partial charge on any atom is 0.325 e. The Balaban J connectivity index is 4.82. The van der Waals surface area contributed by atoms with Gasteiger partial charge in [-0.25, -0.2) is 0 Å². The summed E-state index contributed by atoms with van der Waals surface area (Å²) in [5.41, 5.74) is -0.670. The van der Waals surface area contributed by atoms with E-state index in [1.807, 2.05) is 0 Å². The highest BCUT2D eigenvalue weighted by Gasteiger charge is 2.26. The molecule has 0 aromatic rings. The summed E-state index contributed by atoms with van der Waals surface area (Å²) in [6.45, 7) is 9.01. The minimum absolute atomic E-state index is 0.0137. The van der Waals surface area contributed by atoms with Crippen LogP contribution in [0.25, 0.3) is 0 Å². The van der Waals surface area contributed by atoms with Gasteiger partial charge in [0.2, 0.25) is 17.7 Å². The van der Waals surface area contributed by atoms with E-state index >= 15 is 0 Å². The molecule has 27 heavy (non-hydrogen) atoms. The highest BCUT2D eigenvalue weighted by Crippen LogP contribution is 2.10. The standard InChI is InChI=1S/C17H29N3O7/c1-9(14(23)19-10(2)16(25)26)18-15(24)12(20-11(3)21)7-8-13(22)27-17(4,5)6/h9-10,12H,7-8H2,1-6H3,(H,18,24)(H,19,23)(H,20,21)(H,25,26)/t9-,10-,12-/m0/s1. The number of rotatable bonds is 9. The largest absolute Gasteiger partial charge is 0.480 e. The fourth-order valence-electron chi connectivity index (χ4n) is 1.95. The molecule has 0 spiro atoms. The van der Waals surface area contributed by atoms with E-state index in [0.29, 0.717) is 0 Å². The van der Waals surface area contributed by atoms with Crippen molar-refractivity contribution in [2.75, 3.05) is 0 Å². The topological polar surface area (TPSA) is 151 Å². The molecule has 0 fully saturated rings. The highest BCUT2D eigenvalue weighted by molar-refractivity contribution is 5.93. The van der Waals surface area contributed by atoms with Crippen LogP contribution in [0.3, 0.4) is 0 Å². The minimum atomic E-state index is -1.21. The molecular weight excluding hydrogens is 358 g/mol. The zero-order valence-corrected chi connectivity index (χ0v) is 16.5. The number of ether oxygens (including phenoxy) is 1. The van der Waals surface area contributed by atoms with E-state index < -0.39 is 53.4 Å². The van der Waals surface area contributed by atoms with Crippen molar-refractivity contribution in [3.05, 3.63) is 0 Å². The van der Waals surface area contributed by atoms with Crippen LogP contribution < -0.4 is 16.0 Å². The SMILES string of the molecule is CC(=O)N[C@@H](CCC(=O)OC(C)(C)C)C(=O)N[C@@H](C)C(=O)N[C@@H](C)C(=O)O. The number of carboxylic acids is 1. The molecule has 0 radical (unpaired) electrons. The van der Waals surface area contributed by atoms with Gasteiger partial charge in [0.25, 0.3) is 0 Å². The summed E-state index contributed by atoms with van der Waals surface area (Å²) in [6.07, 6.45) is -0.119. The lowest BCUT2D eigenvalue weighted by Gasteiger charge is -2.22. The quantitative estimate of drug-likeness (QED) is 0.397. The maximum atomic E-state index is 12.3. The molecule has 3 atom stereocenters. The lowest BCUT2D eigenvalue weighted by Crippen LogP contribution is -2.54. The Morgan fingerprint density at radius 1 is 0.926 bits per heavy atom. The maximum absolute atomic E-state index is 12.3. The van der Waals surface area contributed by atoms with E-state index in [1.165, 1.54) is 20.8 Å². The average Bonchev–Trinajstić information content (AvgIpc) is 2.48. The summed E-state index contributed by atoms with van der Waals surface area (Å²) in [5, 5.41) is 15.8. The zero-order chi connectivity index (χ0) is 21.4. The van der Waals surface area contributed by atoms with Crippen LogP contribution in [-0.2, 0) is 28.7 Å². The molecule has 0 aliphatic carbocycles. The van der Waals surface area contributed by atoms with E-state index in [-0.39, 0.29) is 12.8 Å². The normalized spacial score (nSPS) is 14.3. The van der Waals surface area contributed by atoms with Crippen molar-refractivity contribution < 1.29 is 33.8 Å². The van der Waals surface area contributed by atoms with Crippen LogP contribution in [0.15, 0.2) is 0 Å². The molecule has 10 nitrogen and oxygen atoms in total. The number of amides is 3. The van der Waals surface area contributed by atoms with Crippen molar-refractivity contribution >= 4 is 29.7 Å². The van der Waals surface area contributed by atoms with Gasteiger partial charge in [-0.1, -0.05) is 0 Å². The smallest absolute Gasteiger partial charge is 0.325 e. The van der Waals surface area contributed by atoms with Crippen molar-refractivity contribution in [1.82, 2.24) is 16.0 Å². The lowest BCUT2D eigenvalue weighted by atomic mass is 10.1. The first-order chi connectivity index (χ1) is 12.2. The molecule has 0 aliphatic rings. The predicted octanol–water partition coefficient (Wildman–Crippen LogP) is -0.293. The summed E-state index contributed by atoms with van der Waals surface area (Å²) in [7, 11) is 0. The van der Waals surface area contributed by atoms with Crippen molar-refractivity contribution in [2.24, 2.45) is 0 Å². The van der Waals surface area contributed by atoms with Gasteiger partial charge in [0.05, 0.1) is 0 Å². The van der Waals surface area contributed by atoms with Crippen LogP contribution in [0, 0.1) is 0 Å². The molecule has 0 aromatic carbocycles. The molecular formula is C17H29N3O7. The van der Waals surface area contributed by atoms with Gasteiger partial charge in [0, 0.05) is 13.3 Å². The van der Waals surface area contributed by atoms with Gasteiger partial charge in [-0.3, -0.25) is 24.0 Å². The van der Waals surface area contributed by atoms with Gasteiger partial charge in [-0.2, -0.15) is 0 Å². The third kappa shape index (κ3) is 10.8. The number of esters is 1. The van der Waals surface area contributed by atoms with Crippen LogP contribution in [0.5, 0.6) is 0 Å². The van der Waals surface area contributed by atoms with Gasteiger partial charge in [0.1, 0.15) is 23.7 Å². The Bertz CT molecular complexity index is 584. The Morgan fingerprint density at radius 3 is 1.89 bits per heavy atom. The molecule has 0 rings (SSSR count). The van der Waals surface area contributed by atoms with E-state index in [9.17, 15) is 24.0 Å². The monoisotopic (exact) mass is 387 g/mol. The van der Waals surface area contributed by atoms with Crippen LogP contribution >= 0.6 is 0 Å². The molecule has 0 aliphatic heterocycles. The molecule has 3 amide bonds. The minimum Gasteiger partial charge on any atom is -0.480 e.